The van der Waals surface area contributed by atoms with Crippen LogP contribution in [0.1, 0.15) is 16.1 Å². The number of benzene rings is 1. The molecule has 3 rings (SSSR count). The molecule has 0 spiro atoms. The zero-order valence-corrected chi connectivity index (χ0v) is 14.3. The average molecular weight is 383 g/mol. The third kappa shape index (κ3) is 4.17. The number of nitrogens with one attached hydrogen (secondary N) is 2. The molecule has 0 radical (unpaired) electrons. The van der Waals surface area contributed by atoms with Crippen molar-refractivity contribution >= 4 is 33.2 Å². The lowest BCUT2D eigenvalue weighted by Gasteiger charge is -2.10. The molecule has 0 unspecified atom stereocenters. The molecule has 0 fully saturated rings. The minimum absolute atomic E-state index is 0.220. The van der Waals surface area contributed by atoms with Crippen LogP contribution in [0.5, 0.6) is 0 Å². The number of rotatable bonds is 5. The van der Waals surface area contributed by atoms with Gasteiger partial charge in [0.1, 0.15) is 5.69 Å². The molecular formula is C18H15BrN4O. The van der Waals surface area contributed by atoms with Crippen molar-refractivity contribution in [2.75, 3.05) is 5.32 Å². The Kier molecular flexibility index (Phi) is 5.18. The van der Waals surface area contributed by atoms with E-state index in [-0.39, 0.29) is 5.91 Å². The predicted molar refractivity (Wildman–Crippen MR) is 97.1 cm³/mol. The van der Waals surface area contributed by atoms with Gasteiger partial charge < -0.3 is 10.6 Å². The van der Waals surface area contributed by atoms with Crippen LogP contribution in [-0.4, -0.2) is 15.9 Å². The van der Waals surface area contributed by atoms with Crippen LogP contribution in [0.25, 0.3) is 0 Å². The molecule has 0 saturated heterocycles. The summed E-state index contributed by atoms with van der Waals surface area (Å²) in [6.45, 7) is 0.435. The third-order valence-electron chi connectivity index (χ3n) is 3.35. The lowest BCUT2D eigenvalue weighted by molar-refractivity contribution is 0.0946. The number of hydrogen-bond donors (Lipinski definition) is 2. The number of carbonyl (C=O) groups excluding carboxylic acids is 1. The molecular weight excluding hydrogens is 368 g/mol. The number of carbonyl (C=O) groups is 1. The van der Waals surface area contributed by atoms with E-state index in [4.69, 9.17) is 0 Å². The minimum Gasteiger partial charge on any atom is -0.354 e. The topological polar surface area (TPSA) is 66.9 Å². The van der Waals surface area contributed by atoms with Crippen molar-refractivity contribution in [3.63, 3.8) is 0 Å². The van der Waals surface area contributed by atoms with E-state index in [2.05, 4.69) is 36.5 Å². The smallest absolute Gasteiger partial charge is 0.270 e. The largest absolute Gasteiger partial charge is 0.354 e. The van der Waals surface area contributed by atoms with E-state index in [9.17, 15) is 4.79 Å². The van der Waals surface area contributed by atoms with Gasteiger partial charge in [0.25, 0.3) is 5.91 Å². The maximum atomic E-state index is 12.3. The lowest BCUT2D eigenvalue weighted by Crippen LogP contribution is -2.23. The summed E-state index contributed by atoms with van der Waals surface area (Å²) >= 11 is 3.49. The van der Waals surface area contributed by atoms with Gasteiger partial charge in [0.05, 0.1) is 5.69 Å². The molecule has 2 aromatic heterocycles. The SMILES string of the molecule is O=C(NCc1ccncc1)c1cc(Nc2ccccc2Br)ccn1. The van der Waals surface area contributed by atoms with Gasteiger partial charge in [0.15, 0.2) is 0 Å². The Hall–Kier alpha value is -2.73. The molecule has 1 aromatic carbocycles. The van der Waals surface area contributed by atoms with Crippen LogP contribution in [0.15, 0.2) is 71.6 Å². The number of amides is 1. The Bertz CT molecular complexity index is 839. The Labute approximate surface area is 148 Å². The number of aromatic nitrogens is 2. The first-order valence-corrected chi connectivity index (χ1v) is 8.16. The fourth-order valence-corrected chi connectivity index (χ4v) is 2.51. The molecule has 0 aliphatic rings. The van der Waals surface area contributed by atoms with Crippen molar-refractivity contribution in [1.29, 1.82) is 0 Å². The highest BCUT2D eigenvalue weighted by Crippen LogP contribution is 2.25. The maximum absolute atomic E-state index is 12.3. The average Bonchev–Trinajstić information content (AvgIpc) is 2.63. The highest BCUT2D eigenvalue weighted by molar-refractivity contribution is 9.10. The van der Waals surface area contributed by atoms with Crippen molar-refractivity contribution in [3.05, 3.63) is 82.9 Å². The van der Waals surface area contributed by atoms with Crippen LogP contribution >= 0.6 is 15.9 Å². The van der Waals surface area contributed by atoms with E-state index in [0.717, 1.165) is 21.4 Å². The monoisotopic (exact) mass is 382 g/mol. The molecule has 0 saturated carbocycles. The number of anilines is 2. The highest BCUT2D eigenvalue weighted by atomic mass is 79.9. The van der Waals surface area contributed by atoms with E-state index in [1.165, 1.54) is 0 Å². The maximum Gasteiger partial charge on any atom is 0.270 e. The van der Waals surface area contributed by atoms with Gasteiger partial charge in [-0.1, -0.05) is 12.1 Å². The first-order chi connectivity index (χ1) is 11.7. The third-order valence-corrected chi connectivity index (χ3v) is 4.04. The zero-order valence-electron chi connectivity index (χ0n) is 12.7. The quantitative estimate of drug-likeness (QED) is 0.701. The Morgan fingerprint density at radius 3 is 2.62 bits per heavy atom. The molecule has 1 amide bonds. The van der Waals surface area contributed by atoms with Gasteiger partial charge in [0, 0.05) is 35.3 Å². The summed E-state index contributed by atoms with van der Waals surface area (Å²) in [5.41, 5.74) is 3.07. The van der Waals surface area contributed by atoms with Crippen LogP contribution in [-0.2, 0) is 6.54 Å². The van der Waals surface area contributed by atoms with E-state index in [1.54, 1.807) is 24.7 Å². The summed E-state index contributed by atoms with van der Waals surface area (Å²) in [6, 6.07) is 15.0. The highest BCUT2D eigenvalue weighted by Gasteiger charge is 2.08. The van der Waals surface area contributed by atoms with Gasteiger partial charge in [-0.15, -0.1) is 0 Å². The molecule has 6 heteroatoms. The first-order valence-electron chi connectivity index (χ1n) is 7.37. The second-order valence-corrected chi connectivity index (χ2v) is 5.93. The van der Waals surface area contributed by atoms with E-state index < -0.39 is 0 Å². The number of para-hydroxylation sites is 1. The lowest BCUT2D eigenvalue weighted by atomic mass is 10.2. The van der Waals surface area contributed by atoms with E-state index >= 15 is 0 Å². The summed E-state index contributed by atoms with van der Waals surface area (Å²) in [4.78, 5) is 20.4. The van der Waals surface area contributed by atoms with Crippen LogP contribution in [0, 0.1) is 0 Å². The predicted octanol–water partition coefficient (Wildman–Crippen LogP) is 3.91. The second-order valence-electron chi connectivity index (χ2n) is 5.07. The number of hydrogen-bond acceptors (Lipinski definition) is 4. The summed E-state index contributed by atoms with van der Waals surface area (Å²) in [7, 11) is 0. The van der Waals surface area contributed by atoms with E-state index in [0.29, 0.717) is 12.2 Å². The normalized spacial score (nSPS) is 10.2. The van der Waals surface area contributed by atoms with Crippen LogP contribution in [0.4, 0.5) is 11.4 Å². The number of nitrogens with zero attached hydrogens (tertiary/aromatic N) is 2. The molecule has 2 N–H and O–H groups in total. The van der Waals surface area contributed by atoms with E-state index in [1.807, 2.05) is 42.5 Å². The second kappa shape index (κ2) is 7.70. The molecule has 0 aliphatic heterocycles. The number of halogens is 1. The first kappa shape index (κ1) is 16.1. The molecule has 0 atom stereocenters. The Balaban J connectivity index is 1.68. The molecule has 120 valence electrons. The summed E-state index contributed by atoms with van der Waals surface area (Å²) < 4.78 is 0.950. The van der Waals surface area contributed by atoms with Crippen LogP contribution < -0.4 is 10.6 Å². The molecule has 0 aliphatic carbocycles. The summed E-state index contributed by atoms with van der Waals surface area (Å²) in [5.74, 6) is -0.220. The minimum atomic E-state index is -0.220. The van der Waals surface area contributed by atoms with Crippen LogP contribution in [0.2, 0.25) is 0 Å². The van der Waals surface area contributed by atoms with Gasteiger partial charge >= 0.3 is 0 Å². The molecule has 0 bridgehead atoms. The van der Waals surface area contributed by atoms with Crippen LogP contribution in [0.3, 0.4) is 0 Å². The fourth-order valence-electron chi connectivity index (χ4n) is 2.12. The fraction of sp³-hybridized carbons (Fsp3) is 0.0556. The zero-order chi connectivity index (χ0) is 16.8. The molecule has 2 heterocycles. The van der Waals surface area contributed by atoms with Gasteiger partial charge in [-0.3, -0.25) is 14.8 Å². The van der Waals surface area contributed by atoms with Crippen molar-refractivity contribution < 1.29 is 4.79 Å². The van der Waals surface area contributed by atoms with Crippen molar-refractivity contribution in [3.8, 4) is 0 Å². The van der Waals surface area contributed by atoms with Gasteiger partial charge in [-0.25, -0.2) is 0 Å². The summed E-state index contributed by atoms with van der Waals surface area (Å²) in [5, 5.41) is 6.12. The van der Waals surface area contributed by atoms with Gasteiger partial charge in [-0.05, 0) is 57.9 Å². The summed E-state index contributed by atoms with van der Waals surface area (Å²) in [6.07, 6.45) is 5.00. The number of pyridine rings is 2. The van der Waals surface area contributed by atoms with Gasteiger partial charge in [-0.2, -0.15) is 0 Å². The molecule has 3 aromatic rings. The van der Waals surface area contributed by atoms with Crippen molar-refractivity contribution in [2.45, 2.75) is 6.54 Å². The van der Waals surface area contributed by atoms with Crippen molar-refractivity contribution in [2.24, 2.45) is 0 Å². The van der Waals surface area contributed by atoms with Crippen molar-refractivity contribution in [1.82, 2.24) is 15.3 Å². The van der Waals surface area contributed by atoms with Gasteiger partial charge in [0.2, 0.25) is 0 Å². The standard InChI is InChI=1S/C18H15BrN4O/c19-15-3-1-2-4-16(15)23-14-7-10-21-17(11-14)18(24)22-12-13-5-8-20-9-6-13/h1-11H,12H2,(H,21,23)(H,22,24). The molecule has 24 heavy (non-hydrogen) atoms. The Morgan fingerprint density at radius 1 is 1.04 bits per heavy atom. The Morgan fingerprint density at radius 2 is 1.83 bits per heavy atom. The molecule has 5 nitrogen and oxygen atoms in total.